The number of ether oxygens (including phenoxy) is 1. The number of halogens is 1. The summed E-state index contributed by atoms with van der Waals surface area (Å²) in [6.07, 6.45) is 3.95. The van der Waals surface area contributed by atoms with E-state index in [4.69, 9.17) is 4.74 Å². The minimum atomic E-state index is 0. The fraction of sp³-hybridized carbons (Fsp3) is 0.778. The number of hydrogen-bond donors (Lipinski definition) is 1. The Balaban J connectivity index is 0.00000338. The van der Waals surface area contributed by atoms with Gasteiger partial charge in [0.2, 0.25) is 0 Å². The number of aliphatic imine (C=N–C) groups is 1. The van der Waals surface area contributed by atoms with E-state index in [0.29, 0.717) is 18.7 Å². The van der Waals surface area contributed by atoms with Gasteiger partial charge in [-0.1, -0.05) is 0 Å². The van der Waals surface area contributed by atoms with Crippen molar-refractivity contribution < 1.29 is 4.74 Å². The third-order valence-corrected chi connectivity index (χ3v) is 4.65. The van der Waals surface area contributed by atoms with Crippen molar-refractivity contribution >= 4 is 29.9 Å². The van der Waals surface area contributed by atoms with E-state index in [2.05, 4.69) is 52.9 Å². The van der Waals surface area contributed by atoms with Gasteiger partial charge in [0, 0.05) is 57.6 Å². The van der Waals surface area contributed by atoms with Crippen molar-refractivity contribution in [3.05, 3.63) is 18.0 Å². The van der Waals surface area contributed by atoms with Gasteiger partial charge in [0.05, 0.1) is 19.3 Å². The van der Waals surface area contributed by atoms with E-state index in [1.54, 1.807) is 0 Å². The summed E-state index contributed by atoms with van der Waals surface area (Å²) < 4.78 is 7.74. The van der Waals surface area contributed by atoms with Crippen molar-refractivity contribution in [1.29, 1.82) is 0 Å². The van der Waals surface area contributed by atoms with Gasteiger partial charge >= 0.3 is 0 Å². The number of hydrogen-bond acceptors (Lipinski definition) is 4. The predicted octanol–water partition coefficient (Wildman–Crippen LogP) is 2.11. The fourth-order valence-electron chi connectivity index (χ4n) is 3.39. The van der Waals surface area contributed by atoms with Crippen LogP contribution in [0.4, 0.5) is 0 Å². The van der Waals surface area contributed by atoms with Gasteiger partial charge in [-0.2, -0.15) is 5.10 Å². The number of nitrogens with one attached hydrogen (secondary N) is 1. The van der Waals surface area contributed by atoms with Crippen LogP contribution >= 0.6 is 24.0 Å². The van der Waals surface area contributed by atoms with Crippen LogP contribution in [0.1, 0.15) is 39.4 Å². The summed E-state index contributed by atoms with van der Waals surface area (Å²) in [6, 6.07) is 1.09. The number of rotatable bonds is 6. The highest BCUT2D eigenvalue weighted by molar-refractivity contribution is 14.0. The molecule has 0 spiro atoms. The zero-order valence-electron chi connectivity index (χ0n) is 17.0. The first kappa shape index (κ1) is 23.2. The lowest BCUT2D eigenvalue weighted by atomic mass is 10.1. The van der Waals surface area contributed by atoms with Gasteiger partial charge < -0.3 is 15.0 Å². The van der Waals surface area contributed by atoms with E-state index in [9.17, 15) is 0 Å². The molecule has 1 atom stereocenters. The smallest absolute Gasteiger partial charge is 0.193 e. The second-order valence-electron chi connectivity index (χ2n) is 7.15. The van der Waals surface area contributed by atoms with Crippen molar-refractivity contribution in [3.8, 4) is 0 Å². The second kappa shape index (κ2) is 11.1. The highest BCUT2D eigenvalue weighted by atomic mass is 127. The predicted molar refractivity (Wildman–Crippen MR) is 117 cm³/mol. The molecule has 1 fully saturated rings. The fourth-order valence-corrected chi connectivity index (χ4v) is 3.39. The van der Waals surface area contributed by atoms with Crippen LogP contribution in [-0.2, 0) is 11.8 Å². The van der Waals surface area contributed by atoms with Gasteiger partial charge in [0.15, 0.2) is 5.96 Å². The van der Waals surface area contributed by atoms with Crippen molar-refractivity contribution in [2.24, 2.45) is 12.0 Å². The minimum absolute atomic E-state index is 0. The van der Waals surface area contributed by atoms with E-state index in [1.807, 2.05) is 31.2 Å². The van der Waals surface area contributed by atoms with Crippen LogP contribution in [-0.4, -0.2) is 77.5 Å². The van der Waals surface area contributed by atoms with Gasteiger partial charge in [-0.25, -0.2) is 0 Å². The molecule has 1 aliphatic rings. The standard InChI is InChI=1S/C18H34N6O.HI/c1-14(2)24(15(3)4)8-7-20-18(19-5)23-9-10-25-17(13-23)16-11-21-22(6)12-16;/h11-12,14-15,17H,7-10,13H2,1-6H3,(H,19,20);1H. The van der Waals surface area contributed by atoms with E-state index >= 15 is 0 Å². The van der Waals surface area contributed by atoms with E-state index in [0.717, 1.165) is 37.7 Å². The molecule has 1 aromatic heterocycles. The molecule has 1 aliphatic heterocycles. The third kappa shape index (κ3) is 6.38. The van der Waals surface area contributed by atoms with Crippen molar-refractivity contribution in [3.63, 3.8) is 0 Å². The molecular formula is C18H35IN6O. The Kier molecular flexibility index (Phi) is 9.88. The molecule has 26 heavy (non-hydrogen) atoms. The van der Waals surface area contributed by atoms with Gasteiger partial charge in [-0.3, -0.25) is 14.6 Å². The first-order chi connectivity index (χ1) is 11.9. The lowest BCUT2D eigenvalue weighted by Gasteiger charge is -2.35. The summed E-state index contributed by atoms with van der Waals surface area (Å²) >= 11 is 0. The number of morpholine rings is 1. The molecule has 0 amide bonds. The maximum Gasteiger partial charge on any atom is 0.193 e. The summed E-state index contributed by atoms with van der Waals surface area (Å²) in [4.78, 5) is 9.23. The van der Waals surface area contributed by atoms with Gasteiger partial charge in [0.25, 0.3) is 0 Å². The molecule has 1 unspecified atom stereocenters. The lowest BCUT2D eigenvalue weighted by molar-refractivity contribution is -0.00807. The minimum Gasteiger partial charge on any atom is -0.370 e. The quantitative estimate of drug-likeness (QED) is 0.386. The monoisotopic (exact) mass is 478 g/mol. The Morgan fingerprint density at radius 1 is 1.38 bits per heavy atom. The molecule has 0 saturated carbocycles. The molecule has 2 heterocycles. The Morgan fingerprint density at radius 3 is 2.62 bits per heavy atom. The van der Waals surface area contributed by atoms with E-state index in [1.165, 1.54) is 0 Å². The molecule has 150 valence electrons. The summed E-state index contributed by atoms with van der Waals surface area (Å²) in [5, 5.41) is 7.77. The first-order valence-electron chi connectivity index (χ1n) is 9.23. The summed E-state index contributed by atoms with van der Waals surface area (Å²) in [5.41, 5.74) is 1.12. The van der Waals surface area contributed by atoms with E-state index < -0.39 is 0 Å². The Labute approximate surface area is 175 Å². The van der Waals surface area contributed by atoms with Gasteiger partial charge in [-0.15, -0.1) is 24.0 Å². The summed E-state index contributed by atoms with van der Waals surface area (Å²) in [6.45, 7) is 13.2. The maximum atomic E-state index is 5.92. The molecule has 0 aromatic carbocycles. The number of aromatic nitrogens is 2. The molecule has 0 aliphatic carbocycles. The van der Waals surface area contributed by atoms with Crippen molar-refractivity contribution in [1.82, 2.24) is 24.9 Å². The molecule has 2 rings (SSSR count). The first-order valence-corrected chi connectivity index (χ1v) is 9.23. The Bertz CT molecular complexity index is 552. The number of nitrogens with zero attached hydrogens (tertiary/aromatic N) is 5. The van der Waals surface area contributed by atoms with Crippen LogP contribution in [0, 0.1) is 0 Å². The average molecular weight is 478 g/mol. The Morgan fingerprint density at radius 2 is 2.08 bits per heavy atom. The zero-order chi connectivity index (χ0) is 18.4. The van der Waals surface area contributed by atoms with Crippen LogP contribution in [0.5, 0.6) is 0 Å². The molecule has 0 radical (unpaired) electrons. The van der Waals surface area contributed by atoms with Crippen molar-refractivity contribution in [2.75, 3.05) is 39.8 Å². The van der Waals surface area contributed by atoms with Gasteiger partial charge in [-0.05, 0) is 27.7 Å². The maximum absolute atomic E-state index is 5.92. The SMILES string of the molecule is CN=C(NCCN(C(C)C)C(C)C)N1CCOC(c2cnn(C)c2)C1.I. The summed E-state index contributed by atoms with van der Waals surface area (Å²) in [7, 11) is 3.78. The number of aryl methyl sites for hydroxylation is 1. The normalized spacial score (nSPS) is 18.6. The van der Waals surface area contributed by atoms with E-state index in [-0.39, 0.29) is 30.1 Å². The molecule has 1 aromatic rings. The average Bonchev–Trinajstić information content (AvgIpc) is 3.01. The van der Waals surface area contributed by atoms with Crippen LogP contribution in [0.3, 0.4) is 0 Å². The molecule has 0 bridgehead atoms. The van der Waals surface area contributed by atoms with Crippen molar-refractivity contribution in [2.45, 2.75) is 45.9 Å². The topological polar surface area (TPSA) is 57.9 Å². The zero-order valence-corrected chi connectivity index (χ0v) is 19.3. The molecular weight excluding hydrogens is 443 g/mol. The van der Waals surface area contributed by atoms with Crippen LogP contribution < -0.4 is 5.32 Å². The highest BCUT2D eigenvalue weighted by Crippen LogP contribution is 2.21. The van der Waals surface area contributed by atoms with Crippen LogP contribution in [0.15, 0.2) is 17.4 Å². The molecule has 1 N–H and O–H groups in total. The second-order valence-corrected chi connectivity index (χ2v) is 7.15. The highest BCUT2D eigenvalue weighted by Gasteiger charge is 2.25. The molecule has 8 heteroatoms. The van der Waals surface area contributed by atoms with Gasteiger partial charge in [0.1, 0.15) is 6.10 Å². The largest absolute Gasteiger partial charge is 0.370 e. The Hall–Kier alpha value is -0.870. The molecule has 7 nitrogen and oxygen atoms in total. The van der Waals surface area contributed by atoms with Crippen LogP contribution in [0.25, 0.3) is 0 Å². The molecule has 1 saturated heterocycles. The third-order valence-electron chi connectivity index (χ3n) is 4.65. The van der Waals surface area contributed by atoms with Crippen LogP contribution in [0.2, 0.25) is 0 Å². The lowest BCUT2D eigenvalue weighted by Crippen LogP contribution is -2.50. The number of guanidine groups is 1. The summed E-state index contributed by atoms with van der Waals surface area (Å²) in [5.74, 6) is 0.949.